The molecule has 1 heterocycles. The van der Waals surface area contributed by atoms with Crippen LogP contribution in [0.4, 0.5) is 5.82 Å². The maximum atomic E-state index is 12.7. The molecule has 1 N–H and O–H groups in total. The molecule has 0 atom stereocenters. The Hall–Kier alpha value is -2.63. The molecule has 29 heavy (non-hydrogen) atoms. The van der Waals surface area contributed by atoms with E-state index in [-0.39, 0.29) is 29.7 Å². The van der Waals surface area contributed by atoms with E-state index in [0.29, 0.717) is 5.82 Å². The molecule has 1 aromatic heterocycles. The molecule has 2 aromatic rings. The molecular formula is C23H32N4O2. The van der Waals surface area contributed by atoms with Crippen molar-refractivity contribution in [2.75, 3.05) is 18.9 Å². The van der Waals surface area contributed by atoms with Crippen LogP contribution in [0.5, 0.6) is 0 Å². The van der Waals surface area contributed by atoms with Crippen molar-refractivity contribution in [3.8, 4) is 5.69 Å². The Morgan fingerprint density at radius 2 is 1.90 bits per heavy atom. The molecule has 0 saturated heterocycles. The minimum Gasteiger partial charge on any atom is -0.336 e. The second-order valence-corrected chi connectivity index (χ2v) is 9.24. The zero-order valence-electron chi connectivity index (χ0n) is 18.4. The zero-order valence-corrected chi connectivity index (χ0v) is 18.4. The lowest BCUT2D eigenvalue weighted by Crippen LogP contribution is -2.40. The predicted octanol–water partition coefficient (Wildman–Crippen LogP) is 3.98. The molecular weight excluding hydrogens is 364 g/mol. The number of carbonyl (C=O) groups excluding carboxylic acids is 2. The summed E-state index contributed by atoms with van der Waals surface area (Å²) in [5.41, 5.74) is 3.94. The molecule has 6 heteroatoms. The van der Waals surface area contributed by atoms with Crippen LogP contribution in [-0.2, 0) is 15.0 Å². The third kappa shape index (κ3) is 4.69. The summed E-state index contributed by atoms with van der Waals surface area (Å²) in [6, 6.07) is 8.08. The van der Waals surface area contributed by atoms with Crippen molar-refractivity contribution in [3.63, 3.8) is 0 Å². The third-order valence-electron chi connectivity index (χ3n) is 5.54. The van der Waals surface area contributed by atoms with E-state index in [2.05, 4.69) is 39.1 Å². The van der Waals surface area contributed by atoms with Gasteiger partial charge in [-0.25, -0.2) is 4.68 Å². The SMILES string of the molecule is Cc1ccc(-n2nc(C(C)(C)C)cc2NC(=O)CN(C)C(=O)C2CCC2)c(C)c1. The Labute approximate surface area is 173 Å². The van der Waals surface area contributed by atoms with Gasteiger partial charge in [-0.1, -0.05) is 44.9 Å². The number of amides is 2. The minimum absolute atomic E-state index is 0.0399. The number of likely N-dealkylation sites (N-methyl/N-ethyl adjacent to an activating group) is 1. The van der Waals surface area contributed by atoms with Crippen LogP contribution in [0.1, 0.15) is 56.9 Å². The number of hydrogen-bond donors (Lipinski definition) is 1. The molecule has 0 bridgehead atoms. The average molecular weight is 397 g/mol. The summed E-state index contributed by atoms with van der Waals surface area (Å²) in [5, 5.41) is 7.75. The first kappa shape index (κ1) is 21.1. The second kappa shape index (κ2) is 8.01. The van der Waals surface area contributed by atoms with Crippen molar-refractivity contribution in [2.24, 2.45) is 5.92 Å². The van der Waals surface area contributed by atoms with Crippen molar-refractivity contribution in [1.29, 1.82) is 0 Å². The van der Waals surface area contributed by atoms with E-state index >= 15 is 0 Å². The summed E-state index contributed by atoms with van der Waals surface area (Å²) >= 11 is 0. The molecule has 0 unspecified atom stereocenters. The topological polar surface area (TPSA) is 67.2 Å². The Kier molecular flexibility index (Phi) is 5.82. The van der Waals surface area contributed by atoms with Crippen LogP contribution >= 0.6 is 0 Å². The number of aromatic nitrogens is 2. The van der Waals surface area contributed by atoms with E-state index in [1.165, 1.54) is 10.5 Å². The fraction of sp³-hybridized carbons (Fsp3) is 0.522. The fourth-order valence-corrected chi connectivity index (χ4v) is 3.51. The van der Waals surface area contributed by atoms with Gasteiger partial charge in [0.25, 0.3) is 0 Å². The predicted molar refractivity (Wildman–Crippen MR) is 115 cm³/mol. The summed E-state index contributed by atoms with van der Waals surface area (Å²) in [6.45, 7) is 10.4. The lowest BCUT2D eigenvalue weighted by atomic mass is 9.84. The van der Waals surface area contributed by atoms with Gasteiger partial charge in [0, 0.05) is 24.4 Å². The van der Waals surface area contributed by atoms with E-state index in [9.17, 15) is 9.59 Å². The summed E-state index contributed by atoms with van der Waals surface area (Å²) in [6.07, 6.45) is 2.96. The molecule has 1 fully saturated rings. The van der Waals surface area contributed by atoms with Crippen molar-refractivity contribution < 1.29 is 9.59 Å². The van der Waals surface area contributed by atoms with Gasteiger partial charge in [-0.3, -0.25) is 9.59 Å². The van der Waals surface area contributed by atoms with Gasteiger partial charge in [-0.15, -0.1) is 0 Å². The molecule has 1 saturated carbocycles. The van der Waals surface area contributed by atoms with Crippen molar-refractivity contribution in [3.05, 3.63) is 41.1 Å². The van der Waals surface area contributed by atoms with E-state index in [0.717, 1.165) is 36.2 Å². The van der Waals surface area contributed by atoms with Gasteiger partial charge in [-0.2, -0.15) is 5.10 Å². The van der Waals surface area contributed by atoms with E-state index < -0.39 is 0 Å². The van der Waals surface area contributed by atoms with Gasteiger partial charge in [0.15, 0.2) is 0 Å². The number of aryl methyl sites for hydroxylation is 2. The van der Waals surface area contributed by atoms with Crippen LogP contribution < -0.4 is 5.32 Å². The van der Waals surface area contributed by atoms with Crippen molar-refractivity contribution in [2.45, 2.75) is 59.3 Å². The van der Waals surface area contributed by atoms with Crippen LogP contribution in [-0.4, -0.2) is 40.1 Å². The van der Waals surface area contributed by atoms with E-state index in [4.69, 9.17) is 5.10 Å². The Balaban J connectivity index is 1.84. The normalized spacial score (nSPS) is 14.4. The Morgan fingerprint density at radius 3 is 2.45 bits per heavy atom. The van der Waals surface area contributed by atoms with Crippen LogP contribution in [0.25, 0.3) is 5.69 Å². The Morgan fingerprint density at radius 1 is 1.21 bits per heavy atom. The average Bonchev–Trinajstić information content (AvgIpc) is 2.96. The lowest BCUT2D eigenvalue weighted by molar-refractivity contribution is -0.139. The number of nitrogens with zero attached hydrogens (tertiary/aromatic N) is 3. The van der Waals surface area contributed by atoms with Gasteiger partial charge < -0.3 is 10.2 Å². The molecule has 156 valence electrons. The summed E-state index contributed by atoms with van der Waals surface area (Å²) in [5.74, 6) is 0.550. The molecule has 3 rings (SSSR count). The first-order chi connectivity index (χ1) is 13.6. The first-order valence-electron chi connectivity index (χ1n) is 10.3. The highest BCUT2D eigenvalue weighted by atomic mass is 16.2. The highest BCUT2D eigenvalue weighted by molar-refractivity contribution is 5.94. The van der Waals surface area contributed by atoms with Crippen molar-refractivity contribution >= 4 is 17.6 Å². The highest BCUT2D eigenvalue weighted by Gasteiger charge is 2.29. The number of benzene rings is 1. The third-order valence-corrected chi connectivity index (χ3v) is 5.54. The first-order valence-corrected chi connectivity index (χ1v) is 10.3. The molecule has 1 aliphatic rings. The second-order valence-electron chi connectivity index (χ2n) is 9.24. The number of anilines is 1. The monoisotopic (exact) mass is 396 g/mol. The molecule has 1 aliphatic carbocycles. The van der Waals surface area contributed by atoms with Gasteiger partial charge >= 0.3 is 0 Å². The lowest BCUT2D eigenvalue weighted by Gasteiger charge is -2.28. The van der Waals surface area contributed by atoms with Gasteiger partial charge in [0.05, 0.1) is 17.9 Å². The van der Waals surface area contributed by atoms with Crippen molar-refractivity contribution in [1.82, 2.24) is 14.7 Å². The standard InChI is InChI=1S/C23H32N4O2/c1-15-10-11-18(16(2)12-15)27-20(13-19(25-27)23(3,4)5)24-21(28)14-26(6)22(29)17-8-7-9-17/h10-13,17H,7-9,14H2,1-6H3,(H,24,28). The van der Waals surface area contributed by atoms with Crippen LogP contribution in [0.2, 0.25) is 0 Å². The fourth-order valence-electron chi connectivity index (χ4n) is 3.51. The number of rotatable bonds is 5. The van der Waals surface area contributed by atoms with Gasteiger partial charge in [0.1, 0.15) is 5.82 Å². The molecule has 1 aromatic carbocycles. The smallest absolute Gasteiger partial charge is 0.245 e. The number of carbonyl (C=O) groups is 2. The van der Waals surface area contributed by atoms with Gasteiger partial charge in [-0.05, 0) is 38.3 Å². The number of nitrogens with one attached hydrogen (secondary N) is 1. The zero-order chi connectivity index (χ0) is 21.3. The molecule has 0 aliphatic heterocycles. The summed E-state index contributed by atoms with van der Waals surface area (Å²) in [4.78, 5) is 26.6. The molecule has 2 amide bonds. The maximum absolute atomic E-state index is 12.7. The maximum Gasteiger partial charge on any atom is 0.245 e. The van der Waals surface area contributed by atoms with Crippen LogP contribution in [0, 0.1) is 19.8 Å². The highest BCUT2D eigenvalue weighted by Crippen LogP contribution is 2.29. The minimum atomic E-state index is -0.216. The summed E-state index contributed by atoms with van der Waals surface area (Å²) < 4.78 is 1.79. The quantitative estimate of drug-likeness (QED) is 0.831. The van der Waals surface area contributed by atoms with E-state index in [1.54, 1.807) is 11.7 Å². The van der Waals surface area contributed by atoms with Crippen LogP contribution in [0.3, 0.4) is 0 Å². The Bertz CT molecular complexity index is 919. The molecule has 0 spiro atoms. The summed E-state index contributed by atoms with van der Waals surface area (Å²) in [7, 11) is 1.70. The largest absolute Gasteiger partial charge is 0.336 e. The van der Waals surface area contributed by atoms with Crippen LogP contribution in [0.15, 0.2) is 24.3 Å². The number of hydrogen-bond acceptors (Lipinski definition) is 3. The van der Waals surface area contributed by atoms with Gasteiger partial charge in [0.2, 0.25) is 11.8 Å². The molecule has 6 nitrogen and oxygen atoms in total. The van der Waals surface area contributed by atoms with E-state index in [1.807, 2.05) is 25.1 Å². The molecule has 0 radical (unpaired) electrons.